The Morgan fingerprint density at radius 2 is 2.07 bits per heavy atom. The van der Waals surface area contributed by atoms with Crippen LogP contribution in [0.15, 0.2) is 54.6 Å². The number of carboxylic acids is 1. The number of hydrogen-bond acceptors (Lipinski definition) is 4. The molecule has 1 saturated carbocycles. The van der Waals surface area contributed by atoms with Crippen molar-refractivity contribution in [2.24, 2.45) is 11.8 Å². The van der Waals surface area contributed by atoms with Crippen molar-refractivity contribution in [3.8, 4) is 0 Å². The van der Waals surface area contributed by atoms with Crippen molar-refractivity contribution in [1.29, 1.82) is 0 Å². The molecule has 2 N–H and O–H groups in total. The fourth-order valence-corrected chi connectivity index (χ4v) is 5.15. The van der Waals surface area contributed by atoms with Gasteiger partial charge in [0.15, 0.2) is 0 Å². The lowest BCUT2D eigenvalue weighted by atomic mass is 9.86. The van der Waals surface area contributed by atoms with Crippen molar-refractivity contribution in [3.63, 3.8) is 0 Å². The fourth-order valence-electron chi connectivity index (χ4n) is 4.07. The molecule has 3 atom stereocenters. The molecule has 0 bridgehead atoms. The number of allylic oxidation sites excluding steroid dienone is 3. The van der Waals surface area contributed by atoms with Crippen molar-refractivity contribution < 1.29 is 19.8 Å². The number of hydrogen-bond donors (Lipinski definition) is 2. The van der Waals surface area contributed by atoms with Crippen molar-refractivity contribution in [3.05, 3.63) is 59.5 Å². The van der Waals surface area contributed by atoms with E-state index in [0.29, 0.717) is 25.7 Å². The zero-order valence-corrected chi connectivity index (χ0v) is 17.4. The highest BCUT2D eigenvalue weighted by Crippen LogP contribution is 2.40. The average molecular weight is 413 g/mol. The van der Waals surface area contributed by atoms with E-state index in [4.69, 9.17) is 5.11 Å². The molecule has 29 heavy (non-hydrogen) atoms. The lowest BCUT2D eigenvalue weighted by Gasteiger charge is -2.19. The fraction of sp³-hybridized carbons (Fsp3) is 0.417. The first-order chi connectivity index (χ1) is 14.0. The van der Waals surface area contributed by atoms with Gasteiger partial charge in [0.1, 0.15) is 5.78 Å². The number of carbonyl (C=O) groups excluding carboxylic acids is 1. The number of thiophene rings is 1. The molecule has 1 aromatic carbocycles. The van der Waals surface area contributed by atoms with Crippen LogP contribution >= 0.6 is 11.3 Å². The number of ketones is 1. The van der Waals surface area contributed by atoms with Crippen LogP contribution in [-0.4, -0.2) is 22.0 Å². The molecule has 154 valence electrons. The Morgan fingerprint density at radius 1 is 1.28 bits per heavy atom. The lowest BCUT2D eigenvalue weighted by Crippen LogP contribution is -2.16. The maximum absolute atomic E-state index is 12.5. The van der Waals surface area contributed by atoms with Crippen LogP contribution < -0.4 is 0 Å². The minimum absolute atomic E-state index is 0.0878. The number of aliphatic hydroxyl groups excluding tert-OH is 1. The van der Waals surface area contributed by atoms with Crippen molar-refractivity contribution in [1.82, 2.24) is 0 Å². The number of unbranched alkanes of at least 4 members (excludes halogenated alkanes) is 1. The summed E-state index contributed by atoms with van der Waals surface area (Å²) in [7, 11) is 0. The summed E-state index contributed by atoms with van der Waals surface area (Å²) in [5.74, 6) is -0.517. The minimum Gasteiger partial charge on any atom is -0.481 e. The largest absolute Gasteiger partial charge is 0.481 e. The zero-order chi connectivity index (χ0) is 20.8. The van der Waals surface area contributed by atoms with Crippen LogP contribution in [0, 0.1) is 11.8 Å². The predicted octanol–water partition coefficient (Wildman–Crippen LogP) is 5.68. The van der Waals surface area contributed by atoms with Gasteiger partial charge in [-0.05, 0) is 55.5 Å². The number of Topliss-reactive ketones (excluding diaryl/α,β-unsaturated/α-hetero) is 1. The molecule has 0 amide bonds. The molecule has 0 aliphatic heterocycles. The highest BCUT2D eigenvalue weighted by molar-refractivity contribution is 7.19. The summed E-state index contributed by atoms with van der Waals surface area (Å²) in [6, 6.07) is 10.1. The maximum Gasteiger partial charge on any atom is 0.303 e. The average Bonchev–Trinajstić information content (AvgIpc) is 3.23. The van der Waals surface area contributed by atoms with Gasteiger partial charge in [0.2, 0.25) is 0 Å². The van der Waals surface area contributed by atoms with Crippen LogP contribution in [0.3, 0.4) is 0 Å². The minimum atomic E-state index is -0.773. The van der Waals surface area contributed by atoms with E-state index in [2.05, 4.69) is 12.6 Å². The molecule has 0 unspecified atom stereocenters. The highest BCUT2D eigenvalue weighted by Gasteiger charge is 2.36. The lowest BCUT2D eigenvalue weighted by molar-refractivity contribution is -0.137. The first kappa shape index (κ1) is 21.5. The normalized spacial score (nSPS) is 20.7. The maximum atomic E-state index is 12.5. The standard InChI is InChI=1S/C24H28O4S/c1-16-14-21(26)19(18(16)9-4-2-3-5-11-24(27)28)12-13-20(25)23-15-17-8-6-7-10-22(17)29-23/h2,4,6-8,10,15,18-20,25H,1,3,5,9,11-14H2,(H,27,28)/t18-,19+,20+/m0/s1. The topological polar surface area (TPSA) is 74.6 Å². The number of aliphatic carboxylic acids is 1. The van der Waals surface area contributed by atoms with Crippen LogP contribution in [0.5, 0.6) is 0 Å². The molecule has 4 nitrogen and oxygen atoms in total. The van der Waals surface area contributed by atoms with E-state index in [1.807, 2.05) is 36.4 Å². The Kier molecular flexibility index (Phi) is 7.40. The summed E-state index contributed by atoms with van der Waals surface area (Å²) >= 11 is 1.61. The monoisotopic (exact) mass is 412 g/mol. The first-order valence-electron chi connectivity index (χ1n) is 10.2. The van der Waals surface area contributed by atoms with Gasteiger partial charge >= 0.3 is 5.97 Å². The summed E-state index contributed by atoms with van der Waals surface area (Å²) in [4.78, 5) is 24.0. The Bertz CT molecular complexity index is 877. The van der Waals surface area contributed by atoms with Gasteiger partial charge < -0.3 is 10.2 Å². The van der Waals surface area contributed by atoms with Gasteiger partial charge in [-0.2, -0.15) is 0 Å². The number of fused-ring (bicyclic) bond motifs is 1. The second-order valence-electron chi connectivity index (χ2n) is 7.79. The SMILES string of the molecule is C=C1CC(=O)[C@H](CC[C@@H](O)c2cc3ccccc3s2)[C@H]1CC=CCCCC(=O)O. The van der Waals surface area contributed by atoms with E-state index in [0.717, 1.165) is 33.4 Å². The van der Waals surface area contributed by atoms with Gasteiger partial charge in [-0.25, -0.2) is 0 Å². The summed E-state index contributed by atoms with van der Waals surface area (Å²) < 4.78 is 1.16. The van der Waals surface area contributed by atoms with E-state index in [1.54, 1.807) is 11.3 Å². The molecule has 2 aromatic rings. The van der Waals surface area contributed by atoms with Gasteiger partial charge in [0.05, 0.1) is 6.10 Å². The van der Waals surface area contributed by atoms with Gasteiger partial charge in [-0.15, -0.1) is 11.3 Å². The Balaban J connectivity index is 1.54. The molecular weight excluding hydrogens is 384 g/mol. The smallest absolute Gasteiger partial charge is 0.303 e. The molecule has 5 heteroatoms. The van der Waals surface area contributed by atoms with E-state index in [9.17, 15) is 14.7 Å². The second kappa shape index (κ2) is 9.99. The molecule has 0 saturated heterocycles. The predicted molar refractivity (Wildman–Crippen MR) is 117 cm³/mol. The van der Waals surface area contributed by atoms with Gasteiger partial charge in [-0.1, -0.05) is 42.5 Å². The number of rotatable bonds is 10. The number of aliphatic hydroxyl groups is 1. The van der Waals surface area contributed by atoms with Gasteiger partial charge in [-0.3, -0.25) is 9.59 Å². The molecule has 0 radical (unpaired) electrons. The van der Waals surface area contributed by atoms with Crippen LogP contribution in [-0.2, 0) is 9.59 Å². The number of benzene rings is 1. The van der Waals surface area contributed by atoms with Crippen LogP contribution in [0.25, 0.3) is 10.1 Å². The van der Waals surface area contributed by atoms with Gasteiger partial charge in [0.25, 0.3) is 0 Å². The molecule has 1 aliphatic carbocycles. The summed E-state index contributed by atoms with van der Waals surface area (Å²) in [5, 5.41) is 20.5. The van der Waals surface area contributed by atoms with E-state index >= 15 is 0 Å². The zero-order valence-electron chi connectivity index (χ0n) is 16.5. The third-order valence-corrected chi connectivity index (χ3v) is 6.88. The van der Waals surface area contributed by atoms with Crippen molar-refractivity contribution in [2.75, 3.05) is 0 Å². The molecule has 1 fully saturated rings. The van der Waals surface area contributed by atoms with Crippen molar-refractivity contribution in [2.45, 2.75) is 51.0 Å². The van der Waals surface area contributed by atoms with Crippen LogP contribution in [0.1, 0.15) is 55.9 Å². The summed E-state index contributed by atoms with van der Waals surface area (Å²) in [6.45, 7) is 4.10. The van der Waals surface area contributed by atoms with E-state index in [1.165, 1.54) is 0 Å². The first-order valence-corrected chi connectivity index (χ1v) is 11.0. The summed E-state index contributed by atoms with van der Waals surface area (Å²) in [6.07, 6.45) is 7.44. The van der Waals surface area contributed by atoms with Crippen LogP contribution in [0.2, 0.25) is 0 Å². The second-order valence-corrected chi connectivity index (χ2v) is 8.90. The molecular formula is C24H28O4S. The van der Waals surface area contributed by atoms with Crippen molar-refractivity contribution >= 4 is 33.2 Å². The molecule has 1 heterocycles. The van der Waals surface area contributed by atoms with E-state index in [-0.39, 0.29) is 24.0 Å². The Labute approximate surface area is 175 Å². The molecule has 1 aromatic heterocycles. The molecule has 3 rings (SSSR count). The number of carbonyl (C=O) groups is 2. The Morgan fingerprint density at radius 3 is 2.83 bits per heavy atom. The molecule has 1 aliphatic rings. The summed E-state index contributed by atoms with van der Waals surface area (Å²) in [5.41, 5.74) is 0.978. The quantitative estimate of drug-likeness (QED) is 0.389. The molecule has 0 spiro atoms. The third kappa shape index (κ3) is 5.64. The highest BCUT2D eigenvalue weighted by atomic mass is 32.1. The van der Waals surface area contributed by atoms with Gasteiger partial charge in [0, 0.05) is 28.3 Å². The van der Waals surface area contributed by atoms with E-state index < -0.39 is 12.1 Å². The van der Waals surface area contributed by atoms with Crippen LogP contribution in [0.4, 0.5) is 0 Å². The Hall–Kier alpha value is -2.24. The number of carboxylic acid groups (broad SMARTS) is 1. The third-order valence-electron chi connectivity index (χ3n) is 5.67.